The van der Waals surface area contributed by atoms with Gasteiger partial charge in [-0.05, 0) is 45.9 Å². The lowest BCUT2D eigenvalue weighted by Crippen LogP contribution is -2.23. The molecule has 1 unspecified atom stereocenters. The molecule has 8 nitrogen and oxygen atoms in total. The number of aryl methyl sites for hydroxylation is 2. The van der Waals surface area contributed by atoms with Crippen molar-refractivity contribution < 1.29 is 14.3 Å². The second kappa shape index (κ2) is 8.66. The van der Waals surface area contributed by atoms with Crippen LogP contribution < -0.4 is 14.8 Å². The maximum atomic E-state index is 12.8. The molecule has 0 aliphatic carbocycles. The molecule has 1 aliphatic rings. The fourth-order valence-corrected chi connectivity index (χ4v) is 4.53. The summed E-state index contributed by atoms with van der Waals surface area (Å²) in [6, 6.07) is 5.92. The number of nitrogens with zero attached hydrogens (tertiary/aromatic N) is 4. The van der Waals surface area contributed by atoms with E-state index in [4.69, 9.17) is 9.47 Å². The van der Waals surface area contributed by atoms with Crippen LogP contribution in [0.1, 0.15) is 25.2 Å². The number of carbonyl (C=O) groups excluding carboxylic acids is 1. The number of thioether (sulfide) groups is 1. The summed E-state index contributed by atoms with van der Waals surface area (Å²) in [6.45, 7) is 9.65. The smallest absolute Gasteiger partial charge is 0.237 e. The lowest BCUT2D eigenvalue weighted by molar-refractivity contribution is -0.115. The van der Waals surface area contributed by atoms with Crippen LogP contribution in [0.25, 0.3) is 11.3 Å². The molecular weight excluding hydrogens is 414 g/mol. The molecule has 0 radical (unpaired) electrons. The largest absolute Gasteiger partial charge is 0.486 e. The van der Waals surface area contributed by atoms with Gasteiger partial charge in [-0.2, -0.15) is 5.10 Å². The van der Waals surface area contributed by atoms with Gasteiger partial charge in [-0.25, -0.2) is 4.98 Å². The molecule has 0 bridgehead atoms. The summed E-state index contributed by atoms with van der Waals surface area (Å²) in [5, 5.41) is 7.86. The third-order valence-electron chi connectivity index (χ3n) is 5.38. The molecule has 1 amide bonds. The normalized spacial score (nSPS) is 13.8. The SMILES string of the molecule is CCn1c(-c2ccc3c(c2)OCCO3)cnc1SC(C)C(=O)Nc1c(C)nn(C)c1C. The van der Waals surface area contributed by atoms with Crippen molar-refractivity contribution in [2.75, 3.05) is 18.5 Å². The molecule has 3 heterocycles. The quantitative estimate of drug-likeness (QED) is 0.586. The Morgan fingerprint density at radius 3 is 2.68 bits per heavy atom. The van der Waals surface area contributed by atoms with E-state index >= 15 is 0 Å². The summed E-state index contributed by atoms with van der Waals surface area (Å²) in [4.78, 5) is 17.4. The molecule has 0 saturated carbocycles. The van der Waals surface area contributed by atoms with Gasteiger partial charge in [0.15, 0.2) is 16.7 Å². The number of hydrogen-bond acceptors (Lipinski definition) is 6. The summed E-state index contributed by atoms with van der Waals surface area (Å²) < 4.78 is 15.2. The van der Waals surface area contributed by atoms with Gasteiger partial charge in [0.1, 0.15) is 13.2 Å². The van der Waals surface area contributed by atoms with E-state index in [2.05, 4.69) is 26.9 Å². The zero-order chi connectivity index (χ0) is 22.1. The molecule has 2 aromatic heterocycles. The van der Waals surface area contributed by atoms with Crippen LogP contribution in [0, 0.1) is 13.8 Å². The Morgan fingerprint density at radius 2 is 2.00 bits per heavy atom. The highest BCUT2D eigenvalue weighted by Gasteiger charge is 2.22. The number of hydrogen-bond donors (Lipinski definition) is 1. The Kier molecular flexibility index (Phi) is 5.95. The molecule has 3 aromatic rings. The maximum Gasteiger partial charge on any atom is 0.237 e. The summed E-state index contributed by atoms with van der Waals surface area (Å²) in [7, 11) is 1.87. The van der Waals surface area contributed by atoms with Gasteiger partial charge in [-0.1, -0.05) is 11.8 Å². The molecule has 0 spiro atoms. The van der Waals surface area contributed by atoms with Crippen LogP contribution >= 0.6 is 11.8 Å². The second-order valence-corrected chi connectivity index (χ2v) is 8.76. The van der Waals surface area contributed by atoms with E-state index < -0.39 is 0 Å². The van der Waals surface area contributed by atoms with Gasteiger partial charge in [0.25, 0.3) is 0 Å². The predicted octanol–water partition coefficient (Wildman–Crippen LogP) is 3.81. The van der Waals surface area contributed by atoms with E-state index in [-0.39, 0.29) is 11.2 Å². The van der Waals surface area contributed by atoms with Gasteiger partial charge in [-0.15, -0.1) is 0 Å². The fourth-order valence-electron chi connectivity index (χ4n) is 3.58. The number of carbonyl (C=O) groups is 1. The van der Waals surface area contributed by atoms with Gasteiger partial charge >= 0.3 is 0 Å². The Hall–Kier alpha value is -2.94. The number of benzene rings is 1. The predicted molar refractivity (Wildman–Crippen MR) is 121 cm³/mol. The lowest BCUT2D eigenvalue weighted by Gasteiger charge is -2.19. The summed E-state index contributed by atoms with van der Waals surface area (Å²) in [5.41, 5.74) is 4.49. The van der Waals surface area contributed by atoms with Gasteiger partial charge in [0.2, 0.25) is 5.91 Å². The minimum atomic E-state index is -0.320. The van der Waals surface area contributed by atoms with Crippen molar-refractivity contribution in [2.45, 2.75) is 44.6 Å². The molecule has 9 heteroatoms. The zero-order valence-corrected chi connectivity index (χ0v) is 19.2. The first-order valence-corrected chi connectivity index (χ1v) is 11.2. The number of anilines is 1. The van der Waals surface area contributed by atoms with E-state index in [1.54, 1.807) is 4.68 Å². The highest BCUT2D eigenvalue weighted by atomic mass is 32.2. The highest BCUT2D eigenvalue weighted by Crippen LogP contribution is 2.36. The number of fused-ring (bicyclic) bond motifs is 1. The molecule has 0 fully saturated rings. The van der Waals surface area contributed by atoms with E-state index in [0.29, 0.717) is 13.2 Å². The van der Waals surface area contributed by atoms with E-state index in [1.165, 1.54) is 11.8 Å². The highest BCUT2D eigenvalue weighted by molar-refractivity contribution is 8.00. The van der Waals surface area contributed by atoms with Crippen LogP contribution in [0.4, 0.5) is 5.69 Å². The average Bonchev–Trinajstić information content (AvgIpc) is 3.28. The van der Waals surface area contributed by atoms with Crippen molar-refractivity contribution in [1.82, 2.24) is 19.3 Å². The molecule has 4 rings (SSSR count). The molecule has 1 N–H and O–H groups in total. The van der Waals surface area contributed by atoms with Crippen molar-refractivity contribution >= 4 is 23.4 Å². The lowest BCUT2D eigenvalue weighted by atomic mass is 10.1. The number of rotatable bonds is 6. The van der Waals surface area contributed by atoms with Gasteiger partial charge < -0.3 is 19.4 Å². The molecule has 31 heavy (non-hydrogen) atoms. The minimum Gasteiger partial charge on any atom is -0.486 e. The van der Waals surface area contributed by atoms with Crippen LogP contribution in [-0.4, -0.2) is 43.7 Å². The van der Waals surface area contributed by atoms with Crippen LogP contribution in [0.2, 0.25) is 0 Å². The summed E-state index contributed by atoms with van der Waals surface area (Å²) in [5.74, 6) is 1.44. The number of aromatic nitrogens is 4. The molecule has 164 valence electrons. The van der Waals surface area contributed by atoms with Gasteiger partial charge in [-0.3, -0.25) is 9.48 Å². The van der Waals surface area contributed by atoms with E-state index in [1.807, 2.05) is 52.2 Å². The Bertz CT molecular complexity index is 1120. The summed E-state index contributed by atoms with van der Waals surface area (Å²) >= 11 is 1.44. The molecule has 1 aliphatic heterocycles. The standard InChI is InChI=1S/C22H27N5O3S/c1-6-27-17(16-7-8-18-19(11-16)30-10-9-29-18)12-23-22(27)31-15(4)21(28)24-20-13(2)25-26(5)14(20)3/h7-8,11-12,15H,6,9-10H2,1-5H3,(H,24,28). The van der Waals surface area contributed by atoms with E-state index in [9.17, 15) is 4.79 Å². The topological polar surface area (TPSA) is 83.2 Å². The van der Waals surface area contributed by atoms with Crippen LogP contribution in [0.5, 0.6) is 11.5 Å². The van der Waals surface area contributed by atoms with Crippen LogP contribution in [0.3, 0.4) is 0 Å². The molecule has 0 saturated heterocycles. The average molecular weight is 442 g/mol. The third-order valence-corrected chi connectivity index (χ3v) is 6.49. The molecule has 1 atom stereocenters. The van der Waals surface area contributed by atoms with Crippen molar-refractivity contribution in [3.8, 4) is 22.8 Å². The first-order valence-electron chi connectivity index (χ1n) is 10.3. The maximum absolute atomic E-state index is 12.8. The van der Waals surface area contributed by atoms with Crippen LogP contribution in [0.15, 0.2) is 29.6 Å². The summed E-state index contributed by atoms with van der Waals surface area (Å²) in [6.07, 6.45) is 1.84. The van der Waals surface area contributed by atoms with Gasteiger partial charge in [0, 0.05) is 19.2 Å². The zero-order valence-electron chi connectivity index (χ0n) is 18.4. The Morgan fingerprint density at radius 1 is 1.26 bits per heavy atom. The number of nitrogens with one attached hydrogen (secondary N) is 1. The number of imidazole rings is 1. The number of ether oxygens (including phenoxy) is 2. The first kappa shape index (κ1) is 21.3. The monoisotopic (exact) mass is 441 g/mol. The fraction of sp³-hybridized carbons (Fsp3) is 0.409. The second-order valence-electron chi connectivity index (χ2n) is 7.45. The van der Waals surface area contributed by atoms with Gasteiger partial charge in [0.05, 0.1) is 34.2 Å². The van der Waals surface area contributed by atoms with Crippen molar-refractivity contribution in [2.24, 2.45) is 7.05 Å². The Balaban J connectivity index is 1.53. The Labute approximate surface area is 185 Å². The first-order chi connectivity index (χ1) is 14.9. The van der Waals surface area contributed by atoms with Crippen molar-refractivity contribution in [3.05, 3.63) is 35.8 Å². The minimum absolute atomic E-state index is 0.0734. The van der Waals surface area contributed by atoms with E-state index in [0.717, 1.165) is 51.5 Å². The van der Waals surface area contributed by atoms with Crippen LogP contribution in [-0.2, 0) is 18.4 Å². The molecular formula is C22H27N5O3S. The number of amides is 1. The molecule has 1 aromatic carbocycles. The van der Waals surface area contributed by atoms with Crippen molar-refractivity contribution in [3.63, 3.8) is 0 Å². The van der Waals surface area contributed by atoms with Crippen molar-refractivity contribution in [1.29, 1.82) is 0 Å². The third kappa shape index (κ3) is 4.14.